The predicted octanol–water partition coefficient (Wildman–Crippen LogP) is 1.08. The number of aryl methyl sites for hydroxylation is 1. The Morgan fingerprint density at radius 2 is 2.20 bits per heavy atom. The van der Waals surface area contributed by atoms with Crippen LogP contribution in [0.2, 0.25) is 0 Å². The highest BCUT2D eigenvalue weighted by molar-refractivity contribution is 5.83. The van der Waals surface area contributed by atoms with E-state index in [1.807, 2.05) is 31.4 Å². The zero-order chi connectivity index (χ0) is 17.8. The van der Waals surface area contributed by atoms with Gasteiger partial charge < -0.3 is 20.3 Å². The summed E-state index contributed by atoms with van der Waals surface area (Å²) in [5.41, 5.74) is 1.93. The number of para-hydroxylation sites is 2. The molecule has 0 saturated carbocycles. The molecule has 2 unspecified atom stereocenters. The lowest BCUT2D eigenvalue weighted by atomic mass is 10.1. The zero-order valence-corrected chi connectivity index (χ0v) is 14.9. The molecule has 25 heavy (non-hydrogen) atoms. The second kappa shape index (κ2) is 7.57. The summed E-state index contributed by atoms with van der Waals surface area (Å²) in [5.74, 6) is 0.834. The first kappa shape index (κ1) is 17.3. The maximum absolute atomic E-state index is 12.7. The second-order valence-corrected chi connectivity index (χ2v) is 6.28. The number of likely N-dealkylation sites (N-methyl/N-ethyl adjacent to an activating group) is 1. The molecule has 1 aromatic heterocycles. The van der Waals surface area contributed by atoms with Crippen LogP contribution in [0.3, 0.4) is 0 Å². The number of hydrogen-bond donors (Lipinski definition) is 2. The molecule has 2 aromatic rings. The first-order valence-electron chi connectivity index (χ1n) is 8.46. The molecule has 0 bridgehead atoms. The molecule has 134 valence electrons. The number of amides is 1. The summed E-state index contributed by atoms with van der Waals surface area (Å²) < 4.78 is 7.14. The van der Waals surface area contributed by atoms with E-state index in [9.17, 15) is 4.79 Å². The van der Waals surface area contributed by atoms with Crippen molar-refractivity contribution >= 4 is 11.6 Å². The number of hydrogen-bond acceptors (Lipinski definition) is 5. The average Bonchev–Trinajstić information content (AvgIpc) is 3.25. The summed E-state index contributed by atoms with van der Waals surface area (Å²) >= 11 is 0. The fourth-order valence-corrected chi connectivity index (χ4v) is 3.31. The number of aromatic nitrogens is 2. The number of carbonyl (C=O) groups is 1. The van der Waals surface area contributed by atoms with E-state index in [1.165, 1.54) is 0 Å². The number of anilines is 1. The molecule has 7 nitrogen and oxygen atoms in total. The molecule has 2 heterocycles. The molecule has 1 aliphatic heterocycles. The van der Waals surface area contributed by atoms with Gasteiger partial charge in [-0.1, -0.05) is 12.1 Å². The Hall–Kier alpha value is -2.54. The van der Waals surface area contributed by atoms with Crippen LogP contribution in [0, 0.1) is 0 Å². The van der Waals surface area contributed by atoms with Crippen LogP contribution in [0.1, 0.15) is 18.0 Å². The van der Waals surface area contributed by atoms with E-state index in [4.69, 9.17) is 4.74 Å². The van der Waals surface area contributed by atoms with E-state index >= 15 is 0 Å². The highest BCUT2D eigenvalue weighted by Crippen LogP contribution is 2.30. The normalized spacial score (nSPS) is 18.2. The molecule has 1 fully saturated rings. The number of benzene rings is 1. The first-order valence-corrected chi connectivity index (χ1v) is 8.46. The Morgan fingerprint density at radius 1 is 1.40 bits per heavy atom. The summed E-state index contributed by atoms with van der Waals surface area (Å²) in [6.45, 7) is 1.66. The number of methoxy groups -OCH3 is 1. The standard InChI is InChI=1S/C18H25N5O2/c1-19-17(13-10-20-22(2)11-13)18(24)21-14-8-9-23(12-14)15-6-4-5-7-16(15)25-3/h4-7,10-11,14,17,19H,8-9,12H2,1-3H3,(H,21,24). The van der Waals surface area contributed by atoms with E-state index < -0.39 is 6.04 Å². The Morgan fingerprint density at radius 3 is 2.88 bits per heavy atom. The second-order valence-electron chi connectivity index (χ2n) is 6.28. The van der Waals surface area contributed by atoms with Gasteiger partial charge in [-0.15, -0.1) is 0 Å². The summed E-state index contributed by atoms with van der Waals surface area (Å²) in [4.78, 5) is 14.9. The Kier molecular flexibility index (Phi) is 5.23. The van der Waals surface area contributed by atoms with Gasteiger partial charge >= 0.3 is 0 Å². The molecule has 3 rings (SSSR count). The highest BCUT2D eigenvalue weighted by atomic mass is 16.5. The average molecular weight is 343 g/mol. The first-order chi connectivity index (χ1) is 12.1. The predicted molar refractivity (Wildman–Crippen MR) is 96.8 cm³/mol. The zero-order valence-electron chi connectivity index (χ0n) is 14.9. The van der Waals surface area contributed by atoms with Crippen LogP contribution in [-0.2, 0) is 11.8 Å². The van der Waals surface area contributed by atoms with E-state index in [2.05, 4.69) is 26.7 Å². The molecule has 1 amide bonds. The van der Waals surface area contributed by atoms with Crippen molar-refractivity contribution in [3.63, 3.8) is 0 Å². The molecule has 2 N–H and O–H groups in total. The largest absolute Gasteiger partial charge is 0.495 e. The minimum absolute atomic E-state index is 0.0256. The lowest BCUT2D eigenvalue weighted by Gasteiger charge is -2.22. The van der Waals surface area contributed by atoms with Crippen LogP contribution in [0.25, 0.3) is 0 Å². The minimum Gasteiger partial charge on any atom is -0.495 e. The van der Waals surface area contributed by atoms with Gasteiger partial charge in [0.05, 0.1) is 19.0 Å². The van der Waals surface area contributed by atoms with Crippen LogP contribution >= 0.6 is 0 Å². The Labute approximate surface area is 148 Å². The van der Waals surface area contributed by atoms with Crippen molar-refractivity contribution in [1.29, 1.82) is 0 Å². The molecule has 0 aliphatic carbocycles. The van der Waals surface area contributed by atoms with Gasteiger partial charge in [-0.25, -0.2) is 0 Å². The lowest BCUT2D eigenvalue weighted by Crippen LogP contribution is -2.43. The molecular formula is C18H25N5O2. The van der Waals surface area contributed by atoms with Crippen LogP contribution < -0.4 is 20.3 Å². The van der Waals surface area contributed by atoms with Crippen molar-refractivity contribution in [3.05, 3.63) is 42.2 Å². The van der Waals surface area contributed by atoms with E-state index in [0.717, 1.165) is 36.5 Å². The van der Waals surface area contributed by atoms with Gasteiger partial charge in [-0.2, -0.15) is 5.10 Å². The van der Waals surface area contributed by atoms with Crippen LogP contribution in [0.4, 0.5) is 5.69 Å². The number of rotatable bonds is 6. The van der Waals surface area contributed by atoms with Crippen LogP contribution in [-0.4, -0.2) is 49.0 Å². The molecule has 0 radical (unpaired) electrons. The molecule has 1 saturated heterocycles. The van der Waals surface area contributed by atoms with Gasteiger partial charge in [0.25, 0.3) is 0 Å². The third kappa shape index (κ3) is 3.76. The van der Waals surface area contributed by atoms with Crippen molar-refractivity contribution < 1.29 is 9.53 Å². The summed E-state index contributed by atoms with van der Waals surface area (Å²) in [6.07, 6.45) is 4.49. The lowest BCUT2D eigenvalue weighted by molar-refractivity contribution is -0.123. The molecule has 1 aliphatic rings. The van der Waals surface area contributed by atoms with Gasteiger partial charge in [0.15, 0.2) is 0 Å². The van der Waals surface area contributed by atoms with Gasteiger partial charge in [0.1, 0.15) is 11.8 Å². The third-order valence-corrected chi connectivity index (χ3v) is 4.57. The SMILES string of the molecule is CNC(C(=O)NC1CCN(c2ccccc2OC)C1)c1cnn(C)c1. The summed E-state index contributed by atoms with van der Waals surface area (Å²) in [7, 11) is 5.31. The number of ether oxygens (including phenoxy) is 1. The van der Waals surface area contributed by atoms with Crippen molar-refractivity contribution in [2.45, 2.75) is 18.5 Å². The smallest absolute Gasteiger partial charge is 0.242 e. The summed E-state index contributed by atoms with van der Waals surface area (Å²) in [5, 5.41) is 10.4. The van der Waals surface area contributed by atoms with E-state index in [0.29, 0.717) is 0 Å². The third-order valence-electron chi connectivity index (χ3n) is 4.57. The van der Waals surface area contributed by atoms with Crippen molar-refractivity contribution in [3.8, 4) is 5.75 Å². The van der Waals surface area contributed by atoms with Crippen LogP contribution in [0.5, 0.6) is 5.75 Å². The summed E-state index contributed by atoms with van der Waals surface area (Å²) in [6, 6.07) is 7.70. The topological polar surface area (TPSA) is 71.4 Å². The minimum atomic E-state index is -0.394. The van der Waals surface area contributed by atoms with E-state index in [-0.39, 0.29) is 11.9 Å². The van der Waals surface area contributed by atoms with Gasteiger partial charge in [-0.3, -0.25) is 9.48 Å². The van der Waals surface area contributed by atoms with Crippen molar-refractivity contribution in [1.82, 2.24) is 20.4 Å². The monoisotopic (exact) mass is 343 g/mol. The fourth-order valence-electron chi connectivity index (χ4n) is 3.31. The van der Waals surface area contributed by atoms with Crippen LogP contribution in [0.15, 0.2) is 36.7 Å². The Bertz CT molecular complexity index is 730. The highest BCUT2D eigenvalue weighted by Gasteiger charge is 2.28. The van der Waals surface area contributed by atoms with Gasteiger partial charge in [-0.05, 0) is 25.6 Å². The number of carbonyl (C=O) groups excluding carboxylic acids is 1. The maximum Gasteiger partial charge on any atom is 0.242 e. The fraction of sp³-hybridized carbons (Fsp3) is 0.444. The van der Waals surface area contributed by atoms with Gasteiger partial charge in [0.2, 0.25) is 5.91 Å². The maximum atomic E-state index is 12.7. The molecule has 7 heteroatoms. The van der Waals surface area contributed by atoms with Crippen molar-refractivity contribution in [2.75, 3.05) is 32.1 Å². The van der Waals surface area contributed by atoms with E-state index in [1.54, 1.807) is 25.0 Å². The molecular weight excluding hydrogens is 318 g/mol. The molecule has 2 atom stereocenters. The quantitative estimate of drug-likeness (QED) is 0.821. The number of nitrogens with zero attached hydrogens (tertiary/aromatic N) is 3. The van der Waals surface area contributed by atoms with Crippen molar-refractivity contribution in [2.24, 2.45) is 7.05 Å². The molecule has 0 spiro atoms. The Balaban J connectivity index is 1.63. The van der Waals surface area contributed by atoms with Gasteiger partial charge in [0, 0.05) is 37.9 Å². The molecule has 1 aromatic carbocycles. The number of nitrogens with one attached hydrogen (secondary N) is 2.